The Kier molecular flexibility index (Phi) is 2.72. The highest BCUT2D eigenvalue weighted by Gasteiger charge is 2.10. The number of nitrogens with zero attached hydrogens (tertiary/aromatic N) is 2. The summed E-state index contributed by atoms with van der Waals surface area (Å²) in [4.78, 5) is 15.6. The summed E-state index contributed by atoms with van der Waals surface area (Å²) in [5.41, 5.74) is 3.42. The highest BCUT2D eigenvalue weighted by atomic mass is 16.1. The predicted molar refractivity (Wildman–Crippen MR) is 73.6 cm³/mol. The van der Waals surface area contributed by atoms with Gasteiger partial charge in [0.1, 0.15) is 0 Å². The van der Waals surface area contributed by atoms with E-state index >= 15 is 0 Å². The number of hydrogen-bond acceptors (Lipinski definition) is 3. The van der Waals surface area contributed by atoms with Gasteiger partial charge in [-0.15, -0.1) is 0 Å². The first-order chi connectivity index (χ1) is 9.25. The first kappa shape index (κ1) is 11.4. The molecule has 0 atom stereocenters. The molecule has 2 heterocycles. The summed E-state index contributed by atoms with van der Waals surface area (Å²) in [5, 5.41) is 10.7. The van der Waals surface area contributed by atoms with Gasteiger partial charge in [-0.05, 0) is 18.2 Å². The molecule has 3 rings (SSSR count). The van der Waals surface area contributed by atoms with Crippen LogP contribution in [0.3, 0.4) is 0 Å². The van der Waals surface area contributed by atoms with E-state index in [2.05, 4.69) is 20.5 Å². The molecule has 2 aromatic heterocycles. The lowest BCUT2D eigenvalue weighted by Crippen LogP contribution is -2.06. The van der Waals surface area contributed by atoms with Gasteiger partial charge in [0.15, 0.2) is 0 Å². The quantitative estimate of drug-likeness (QED) is 0.736. The van der Waals surface area contributed by atoms with Crippen LogP contribution in [0.1, 0.15) is 6.92 Å². The molecule has 1 aromatic carbocycles. The van der Waals surface area contributed by atoms with E-state index in [4.69, 9.17) is 0 Å². The third-order valence-corrected chi connectivity index (χ3v) is 2.87. The van der Waals surface area contributed by atoms with Crippen molar-refractivity contribution in [1.82, 2.24) is 15.2 Å². The number of pyridine rings is 1. The van der Waals surface area contributed by atoms with Crippen LogP contribution in [0.25, 0.3) is 22.2 Å². The molecule has 2 N–H and O–H groups in total. The van der Waals surface area contributed by atoms with Gasteiger partial charge in [-0.25, -0.2) is 0 Å². The molecule has 3 aromatic rings. The molecule has 0 aliphatic rings. The zero-order valence-corrected chi connectivity index (χ0v) is 10.3. The average Bonchev–Trinajstić information content (AvgIpc) is 2.92. The molecule has 5 nitrogen and oxygen atoms in total. The van der Waals surface area contributed by atoms with Gasteiger partial charge >= 0.3 is 0 Å². The van der Waals surface area contributed by atoms with Gasteiger partial charge in [0, 0.05) is 30.3 Å². The third kappa shape index (κ3) is 2.06. The van der Waals surface area contributed by atoms with Crippen molar-refractivity contribution in [2.75, 3.05) is 5.32 Å². The minimum absolute atomic E-state index is 0.110. The van der Waals surface area contributed by atoms with Gasteiger partial charge in [0.2, 0.25) is 5.91 Å². The number of nitrogens with one attached hydrogen (secondary N) is 2. The maximum atomic E-state index is 11.2. The van der Waals surface area contributed by atoms with E-state index in [1.165, 1.54) is 6.92 Å². The van der Waals surface area contributed by atoms with Gasteiger partial charge in [-0.1, -0.05) is 12.1 Å². The Hall–Kier alpha value is -2.69. The SMILES string of the molecule is CC(=O)Nc1ccc(-c2ccn[nH]2)c2cccnc12. The molecule has 0 radical (unpaired) electrons. The fourth-order valence-corrected chi connectivity index (χ4v) is 2.10. The number of aromatic nitrogens is 3. The predicted octanol–water partition coefficient (Wildman–Crippen LogP) is 2.58. The summed E-state index contributed by atoms with van der Waals surface area (Å²) in [7, 11) is 0. The zero-order chi connectivity index (χ0) is 13.2. The van der Waals surface area contributed by atoms with Crippen molar-refractivity contribution in [1.29, 1.82) is 0 Å². The standard InChI is InChI=1S/C14H12N4O/c1-9(19)17-13-5-4-10(12-6-8-16-18-12)11-3-2-7-15-14(11)13/h2-8H,1H3,(H,16,18)(H,17,19). The van der Waals surface area contributed by atoms with Gasteiger partial charge in [-0.3, -0.25) is 14.9 Å². The summed E-state index contributed by atoms with van der Waals surface area (Å²) in [6.07, 6.45) is 3.42. The molecule has 0 bridgehead atoms. The summed E-state index contributed by atoms with van der Waals surface area (Å²) < 4.78 is 0. The lowest BCUT2D eigenvalue weighted by molar-refractivity contribution is -0.114. The Labute approximate surface area is 109 Å². The van der Waals surface area contributed by atoms with Crippen molar-refractivity contribution >= 4 is 22.5 Å². The number of anilines is 1. The van der Waals surface area contributed by atoms with Crippen LogP contribution < -0.4 is 5.32 Å². The lowest BCUT2D eigenvalue weighted by Gasteiger charge is -2.09. The molecule has 0 spiro atoms. The number of aromatic amines is 1. The van der Waals surface area contributed by atoms with Crippen LogP contribution in [-0.2, 0) is 4.79 Å². The van der Waals surface area contributed by atoms with Gasteiger partial charge in [-0.2, -0.15) is 5.10 Å². The fraction of sp³-hybridized carbons (Fsp3) is 0.0714. The van der Waals surface area contributed by atoms with Crippen LogP contribution in [0.5, 0.6) is 0 Å². The van der Waals surface area contributed by atoms with Crippen molar-refractivity contribution in [2.24, 2.45) is 0 Å². The molecule has 94 valence electrons. The fourth-order valence-electron chi connectivity index (χ4n) is 2.10. The first-order valence-corrected chi connectivity index (χ1v) is 5.91. The molecule has 0 fully saturated rings. The molecular weight excluding hydrogens is 240 g/mol. The van der Waals surface area contributed by atoms with Crippen LogP contribution >= 0.6 is 0 Å². The molecule has 0 saturated heterocycles. The average molecular weight is 252 g/mol. The monoisotopic (exact) mass is 252 g/mol. The van der Waals surface area contributed by atoms with Crippen molar-refractivity contribution < 1.29 is 4.79 Å². The van der Waals surface area contributed by atoms with E-state index < -0.39 is 0 Å². The van der Waals surface area contributed by atoms with E-state index in [-0.39, 0.29) is 5.91 Å². The van der Waals surface area contributed by atoms with E-state index in [1.807, 2.05) is 30.3 Å². The first-order valence-electron chi connectivity index (χ1n) is 5.91. The molecule has 0 saturated carbocycles. The van der Waals surface area contributed by atoms with Gasteiger partial charge in [0.25, 0.3) is 0 Å². The van der Waals surface area contributed by atoms with Crippen molar-refractivity contribution in [3.63, 3.8) is 0 Å². The number of benzene rings is 1. The second-order valence-corrected chi connectivity index (χ2v) is 4.21. The van der Waals surface area contributed by atoms with Crippen LogP contribution in [0.4, 0.5) is 5.69 Å². The Bertz CT molecular complexity index is 734. The molecular formula is C14H12N4O. The normalized spacial score (nSPS) is 10.6. The molecule has 5 heteroatoms. The summed E-state index contributed by atoms with van der Waals surface area (Å²) >= 11 is 0. The molecule has 0 aliphatic carbocycles. The Balaban J connectivity index is 2.25. The number of carbonyl (C=O) groups is 1. The van der Waals surface area contributed by atoms with Crippen molar-refractivity contribution in [3.05, 3.63) is 42.7 Å². The third-order valence-electron chi connectivity index (χ3n) is 2.87. The van der Waals surface area contributed by atoms with Crippen molar-refractivity contribution in [2.45, 2.75) is 6.92 Å². The minimum atomic E-state index is -0.110. The number of amides is 1. The number of fused-ring (bicyclic) bond motifs is 1. The second kappa shape index (κ2) is 4.53. The maximum absolute atomic E-state index is 11.2. The van der Waals surface area contributed by atoms with E-state index in [9.17, 15) is 4.79 Å². The summed E-state index contributed by atoms with van der Waals surface area (Å²) in [5.74, 6) is -0.110. The lowest BCUT2D eigenvalue weighted by atomic mass is 10.0. The number of hydrogen-bond donors (Lipinski definition) is 2. The molecule has 19 heavy (non-hydrogen) atoms. The van der Waals surface area contributed by atoms with Crippen LogP contribution in [-0.4, -0.2) is 21.1 Å². The molecule has 0 aliphatic heterocycles. The number of H-pyrrole nitrogens is 1. The van der Waals surface area contributed by atoms with Crippen LogP contribution in [0, 0.1) is 0 Å². The van der Waals surface area contributed by atoms with Gasteiger partial charge < -0.3 is 5.32 Å². The smallest absolute Gasteiger partial charge is 0.221 e. The Morgan fingerprint density at radius 1 is 1.21 bits per heavy atom. The summed E-state index contributed by atoms with van der Waals surface area (Å²) in [6, 6.07) is 9.55. The largest absolute Gasteiger partial charge is 0.324 e. The number of rotatable bonds is 2. The highest BCUT2D eigenvalue weighted by Crippen LogP contribution is 2.30. The van der Waals surface area contributed by atoms with Gasteiger partial charge in [0.05, 0.1) is 16.9 Å². The topological polar surface area (TPSA) is 70.7 Å². The Morgan fingerprint density at radius 2 is 2.11 bits per heavy atom. The number of carbonyl (C=O) groups excluding carboxylic acids is 1. The van der Waals surface area contributed by atoms with E-state index in [0.29, 0.717) is 5.69 Å². The van der Waals surface area contributed by atoms with Crippen LogP contribution in [0.2, 0.25) is 0 Å². The zero-order valence-electron chi connectivity index (χ0n) is 10.3. The Morgan fingerprint density at radius 3 is 2.84 bits per heavy atom. The minimum Gasteiger partial charge on any atom is -0.324 e. The highest BCUT2D eigenvalue weighted by molar-refractivity contribution is 6.04. The maximum Gasteiger partial charge on any atom is 0.221 e. The second-order valence-electron chi connectivity index (χ2n) is 4.21. The molecule has 0 unspecified atom stereocenters. The van der Waals surface area contributed by atoms with E-state index in [1.54, 1.807) is 12.4 Å². The van der Waals surface area contributed by atoms with Crippen molar-refractivity contribution in [3.8, 4) is 11.3 Å². The van der Waals surface area contributed by atoms with E-state index in [0.717, 1.165) is 22.2 Å². The summed E-state index contributed by atoms with van der Waals surface area (Å²) in [6.45, 7) is 1.48. The van der Waals surface area contributed by atoms with Crippen LogP contribution in [0.15, 0.2) is 42.7 Å². The molecule has 1 amide bonds.